The minimum Gasteiger partial charge on any atom is -0.388 e. The molecule has 0 saturated heterocycles. The molecule has 0 bridgehead atoms. The summed E-state index contributed by atoms with van der Waals surface area (Å²) in [6.07, 6.45) is 3.02. The van der Waals surface area contributed by atoms with Gasteiger partial charge in [-0.2, -0.15) is 0 Å². The SMILES string of the molecule is CCCc1cccc(C(O)C2CC2c2ccccc2)c1. The summed E-state index contributed by atoms with van der Waals surface area (Å²) in [7, 11) is 0. The molecule has 0 amide bonds. The number of aliphatic hydroxyl groups excluding tert-OH is 1. The topological polar surface area (TPSA) is 20.2 Å². The van der Waals surface area contributed by atoms with E-state index in [0.717, 1.165) is 24.8 Å². The van der Waals surface area contributed by atoms with E-state index in [4.69, 9.17) is 0 Å². The lowest BCUT2D eigenvalue weighted by Crippen LogP contribution is -2.02. The fourth-order valence-electron chi connectivity index (χ4n) is 3.12. The minimum atomic E-state index is -0.322. The van der Waals surface area contributed by atoms with Crippen molar-refractivity contribution in [3.63, 3.8) is 0 Å². The molecule has 2 aromatic carbocycles. The Morgan fingerprint density at radius 2 is 1.90 bits per heavy atom. The van der Waals surface area contributed by atoms with Crippen LogP contribution < -0.4 is 0 Å². The molecule has 3 atom stereocenters. The van der Waals surface area contributed by atoms with Gasteiger partial charge in [0.2, 0.25) is 0 Å². The maximum Gasteiger partial charge on any atom is 0.0824 e. The Morgan fingerprint density at radius 1 is 1.10 bits per heavy atom. The molecule has 3 rings (SSSR count). The first-order valence-electron chi connectivity index (χ1n) is 7.61. The average Bonchev–Trinajstić information content (AvgIpc) is 3.29. The van der Waals surface area contributed by atoms with Crippen LogP contribution in [0.25, 0.3) is 0 Å². The lowest BCUT2D eigenvalue weighted by Gasteiger charge is -2.12. The van der Waals surface area contributed by atoms with Crippen LogP contribution >= 0.6 is 0 Å². The van der Waals surface area contributed by atoms with E-state index in [-0.39, 0.29) is 6.10 Å². The van der Waals surface area contributed by atoms with Crippen LogP contribution in [-0.4, -0.2) is 5.11 Å². The van der Waals surface area contributed by atoms with Crippen LogP contribution in [0.4, 0.5) is 0 Å². The summed E-state index contributed by atoms with van der Waals surface area (Å²) in [6, 6.07) is 19.0. The van der Waals surface area contributed by atoms with Crippen molar-refractivity contribution in [1.29, 1.82) is 0 Å². The predicted molar refractivity (Wildman–Crippen MR) is 82.7 cm³/mol. The number of aryl methyl sites for hydroxylation is 1. The van der Waals surface area contributed by atoms with Crippen molar-refractivity contribution in [3.05, 3.63) is 71.3 Å². The summed E-state index contributed by atoms with van der Waals surface area (Å²) in [5.74, 6) is 0.912. The van der Waals surface area contributed by atoms with Gasteiger partial charge in [-0.05, 0) is 41.4 Å². The van der Waals surface area contributed by atoms with E-state index in [1.54, 1.807) is 0 Å². The van der Waals surface area contributed by atoms with Gasteiger partial charge in [0.25, 0.3) is 0 Å². The molecule has 1 N–H and O–H groups in total. The van der Waals surface area contributed by atoms with Crippen LogP contribution in [0.2, 0.25) is 0 Å². The van der Waals surface area contributed by atoms with Crippen LogP contribution in [0.5, 0.6) is 0 Å². The molecule has 1 nitrogen and oxygen atoms in total. The third-order valence-corrected chi connectivity index (χ3v) is 4.30. The maximum absolute atomic E-state index is 10.6. The van der Waals surface area contributed by atoms with Crippen molar-refractivity contribution < 1.29 is 5.11 Å². The summed E-state index contributed by atoms with van der Waals surface area (Å²) < 4.78 is 0. The first-order chi connectivity index (χ1) is 9.79. The van der Waals surface area contributed by atoms with Gasteiger partial charge >= 0.3 is 0 Å². The normalized spacial score (nSPS) is 22.5. The van der Waals surface area contributed by atoms with Crippen molar-refractivity contribution in [2.75, 3.05) is 0 Å². The van der Waals surface area contributed by atoms with E-state index in [9.17, 15) is 5.11 Å². The Hall–Kier alpha value is -1.60. The molecule has 1 saturated carbocycles. The van der Waals surface area contributed by atoms with Crippen molar-refractivity contribution in [3.8, 4) is 0 Å². The van der Waals surface area contributed by atoms with E-state index >= 15 is 0 Å². The minimum absolute atomic E-state index is 0.322. The molecule has 1 heteroatoms. The molecule has 3 unspecified atom stereocenters. The zero-order chi connectivity index (χ0) is 13.9. The molecule has 0 heterocycles. The zero-order valence-corrected chi connectivity index (χ0v) is 12.0. The molecule has 1 aliphatic carbocycles. The summed E-state index contributed by atoms with van der Waals surface area (Å²) in [4.78, 5) is 0. The van der Waals surface area contributed by atoms with Crippen molar-refractivity contribution in [2.24, 2.45) is 5.92 Å². The van der Waals surface area contributed by atoms with Gasteiger partial charge in [0.15, 0.2) is 0 Å². The molecule has 2 aromatic rings. The van der Waals surface area contributed by atoms with Crippen molar-refractivity contribution >= 4 is 0 Å². The average molecular weight is 266 g/mol. The van der Waals surface area contributed by atoms with Crippen molar-refractivity contribution in [2.45, 2.75) is 38.2 Å². The largest absolute Gasteiger partial charge is 0.388 e. The quantitative estimate of drug-likeness (QED) is 0.846. The van der Waals surface area contributed by atoms with Gasteiger partial charge < -0.3 is 5.11 Å². The smallest absolute Gasteiger partial charge is 0.0824 e. The molecule has 0 aromatic heterocycles. The summed E-state index contributed by atoms with van der Waals surface area (Å²) >= 11 is 0. The number of rotatable bonds is 5. The highest BCUT2D eigenvalue weighted by Gasteiger charge is 2.43. The number of hydrogen-bond donors (Lipinski definition) is 1. The van der Waals surface area contributed by atoms with Gasteiger partial charge in [-0.15, -0.1) is 0 Å². The highest BCUT2D eigenvalue weighted by molar-refractivity contribution is 5.31. The van der Waals surface area contributed by atoms with Crippen LogP contribution in [0.1, 0.15) is 48.5 Å². The molecule has 1 fully saturated rings. The monoisotopic (exact) mass is 266 g/mol. The van der Waals surface area contributed by atoms with E-state index in [1.165, 1.54) is 11.1 Å². The van der Waals surface area contributed by atoms with Gasteiger partial charge in [0, 0.05) is 0 Å². The van der Waals surface area contributed by atoms with Gasteiger partial charge in [0.1, 0.15) is 0 Å². The molecule has 1 aliphatic rings. The lowest BCUT2D eigenvalue weighted by molar-refractivity contribution is 0.151. The van der Waals surface area contributed by atoms with E-state index in [2.05, 4.69) is 55.5 Å². The molecule has 0 spiro atoms. The summed E-state index contributed by atoms with van der Waals surface area (Å²) in [6.45, 7) is 2.19. The first-order valence-corrected chi connectivity index (χ1v) is 7.61. The van der Waals surface area contributed by atoms with Crippen molar-refractivity contribution in [1.82, 2.24) is 0 Å². The molecule has 0 aliphatic heterocycles. The molecule has 20 heavy (non-hydrogen) atoms. The first kappa shape index (κ1) is 13.4. The Kier molecular flexibility index (Phi) is 3.88. The lowest BCUT2D eigenvalue weighted by atomic mass is 9.98. The Balaban J connectivity index is 1.71. The standard InChI is InChI=1S/C19H22O/c1-2-7-14-8-6-11-16(12-14)19(20)18-13-17(18)15-9-4-3-5-10-15/h3-6,8-12,17-20H,2,7,13H2,1H3. The number of hydrogen-bond acceptors (Lipinski definition) is 1. The van der Waals surface area contributed by atoms with E-state index < -0.39 is 0 Å². The molecular weight excluding hydrogens is 244 g/mol. The second kappa shape index (κ2) is 5.80. The third-order valence-electron chi connectivity index (χ3n) is 4.30. The second-order valence-corrected chi connectivity index (χ2v) is 5.86. The Morgan fingerprint density at radius 3 is 2.65 bits per heavy atom. The summed E-state index contributed by atoms with van der Waals surface area (Å²) in [5, 5.41) is 10.6. The molecule has 0 radical (unpaired) electrons. The van der Waals surface area contributed by atoms with Crippen LogP contribution in [0.3, 0.4) is 0 Å². The van der Waals surface area contributed by atoms with Gasteiger partial charge in [0.05, 0.1) is 6.10 Å². The third kappa shape index (κ3) is 2.78. The van der Waals surface area contributed by atoms with Gasteiger partial charge in [-0.3, -0.25) is 0 Å². The van der Waals surface area contributed by atoms with E-state index in [1.807, 2.05) is 6.07 Å². The van der Waals surface area contributed by atoms with Gasteiger partial charge in [-0.1, -0.05) is 67.9 Å². The molecule has 104 valence electrons. The highest BCUT2D eigenvalue weighted by Crippen LogP contribution is 2.53. The fourth-order valence-corrected chi connectivity index (χ4v) is 3.12. The van der Waals surface area contributed by atoms with Crippen LogP contribution in [0.15, 0.2) is 54.6 Å². The number of benzene rings is 2. The number of aliphatic hydroxyl groups is 1. The van der Waals surface area contributed by atoms with E-state index in [0.29, 0.717) is 11.8 Å². The molecular formula is C19H22O. The maximum atomic E-state index is 10.6. The zero-order valence-electron chi connectivity index (χ0n) is 12.0. The predicted octanol–water partition coefficient (Wildman–Crippen LogP) is 4.48. The Labute approximate surface area is 121 Å². The highest BCUT2D eigenvalue weighted by atomic mass is 16.3. The van der Waals surface area contributed by atoms with Crippen LogP contribution in [0, 0.1) is 5.92 Å². The van der Waals surface area contributed by atoms with Gasteiger partial charge in [-0.25, -0.2) is 0 Å². The summed E-state index contributed by atoms with van der Waals surface area (Å²) in [5.41, 5.74) is 3.78. The second-order valence-electron chi connectivity index (χ2n) is 5.86. The fraction of sp³-hybridized carbons (Fsp3) is 0.368. The van der Waals surface area contributed by atoms with Crippen LogP contribution in [-0.2, 0) is 6.42 Å². The Bertz CT molecular complexity index is 561.